The van der Waals surface area contributed by atoms with Crippen molar-refractivity contribution in [1.29, 1.82) is 0 Å². The number of imidazole rings is 1. The summed E-state index contributed by atoms with van der Waals surface area (Å²) in [5.41, 5.74) is 4.46. The quantitative estimate of drug-likeness (QED) is 0.494. The zero-order chi connectivity index (χ0) is 22.5. The summed E-state index contributed by atoms with van der Waals surface area (Å²) in [7, 11) is 0. The van der Waals surface area contributed by atoms with E-state index in [0.717, 1.165) is 48.4 Å². The first-order valence-electron chi connectivity index (χ1n) is 11.6. The van der Waals surface area contributed by atoms with Crippen molar-refractivity contribution in [2.24, 2.45) is 0 Å². The van der Waals surface area contributed by atoms with E-state index >= 15 is 0 Å². The Morgan fingerprint density at radius 1 is 1.28 bits per heavy atom. The van der Waals surface area contributed by atoms with Crippen molar-refractivity contribution in [3.63, 3.8) is 0 Å². The summed E-state index contributed by atoms with van der Waals surface area (Å²) >= 11 is 0. The van der Waals surface area contributed by atoms with Crippen molar-refractivity contribution < 1.29 is 14.3 Å². The molecule has 2 aromatic carbocycles. The van der Waals surface area contributed by atoms with Crippen molar-refractivity contribution in [3.8, 4) is 5.75 Å². The Kier molecular flexibility index (Phi) is 7.10. The number of carbonyl (C=O) groups is 1. The molecule has 0 radical (unpaired) electrons. The Hall–Kier alpha value is -2.86. The van der Waals surface area contributed by atoms with E-state index in [1.54, 1.807) is 0 Å². The summed E-state index contributed by atoms with van der Waals surface area (Å²) in [4.78, 5) is 17.1. The zero-order valence-corrected chi connectivity index (χ0v) is 19.3. The van der Waals surface area contributed by atoms with E-state index in [4.69, 9.17) is 14.5 Å². The van der Waals surface area contributed by atoms with E-state index in [1.807, 2.05) is 18.2 Å². The fourth-order valence-corrected chi connectivity index (χ4v) is 4.22. The highest BCUT2D eigenvalue weighted by Crippen LogP contribution is 2.27. The molecular weight excluding hydrogens is 402 g/mol. The number of rotatable bonds is 9. The predicted molar refractivity (Wildman–Crippen MR) is 126 cm³/mol. The average Bonchev–Trinajstić information content (AvgIpc) is 3.43. The molecular formula is C26H33N3O3. The Labute approximate surface area is 189 Å². The van der Waals surface area contributed by atoms with Gasteiger partial charge in [-0.15, -0.1) is 0 Å². The molecule has 1 fully saturated rings. The Balaban J connectivity index is 1.41. The SMILES string of the molecule is Cc1ccc(C(C)C)c(OCCCn2c(CNC(=O)C3CCCO3)nc3ccccc32)c1. The number of para-hydroxylation sites is 2. The van der Waals surface area contributed by atoms with Gasteiger partial charge in [-0.2, -0.15) is 0 Å². The third-order valence-electron chi connectivity index (χ3n) is 5.95. The second-order valence-electron chi connectivity index (χ2n) is 8.79. The molecule has 170 valence electrons. The lowest BCUT2D eigenvalue weighted by Crippen LogP contribution is -2.34. The van der Waals surface area contributed by atoms with Gasteiger partial charge in [-0.1, -0.05) is 38.1 Å². The summed E-state index contributed by atoms with van der Waals surface area (Å²) < 4.78 is 13.9. The minimum atomic E-state index is -0.328. The fraction of sp³-hybridized carbons (Fsp3) is 0.462. The number of nitrogens with one attached hydrogen (secondary N) is 1. The molecule has 0 saturated carbocycles. The molecule has 0 spiro atoms. The van der Waals surface area contributed by atoms with E-state index in [1.165, 1.54) is 11.1 Å². The Morgan fingerprint density at radius 3 is 2.91 bits per heavy atom. The molecule has 1 aromatic heterocycles. The molecule has 1 unspecified atom stereocenters. The smallest absolute Gasteiger partial charge is 0.249 e. The first kappa shape index (κ1) is 22.3. The standard InChI is InChI=1S/C26H33N3O3/c1-18(2)20-12-11-19(3)16-24(20)32-15-7-13-29-22-9-5-4-8-21(22)28-25(29)17-27-26(30)23-10-6-14-31-23/h4-5,8-9,11-12,16,18,23H,6-7,10,13-15,17H2,1-3H3,(H,27,30). The van der Waals surface area contributed by atoms with E-state index in [9.17, 15) is 4.79 Å². The average molecular weight is 436 g/mol. The van der Waals surface area contributed by atoms with E-state index in [2.05, 4.69) is 54.9 Å². The van der Waals surface area contributed by atoms with Crippen LogP contribution in [-0.2, 0) is 22.6 Å². The number of aromatic nitrogens is 2. The number of nitrogens with zero attached hydrogens (tertiary/aromatic N) is 2. The Bertz CT molecular complexity index is 1070. The monoisotopic (exact) mass is 435 g/mol. The molecule has 1 atom stereocenters. The molecule has 1 aliphatic heterocycles. The second kappa shape index (κ2) is 10.2. The number of benzene rings is 2. The predicted octanol–water partition coefficient (Wildman–Crippen LogP) is 4.73. The normalized spacial score (nSPS) is 16.1. The summed E-state index contributed by atoms with van der Waals surface area (Å²) in [5, 5.41) is 3.01. The number of hydrogen-bond donors (Lipinski definition) is 1. The van der Waals surface area contributed by atoms with Gasteiger partial charge in [0.25, 0.3) is 0 Å². The summed E-state index contributed by atoms with van der Waals surface area (Å²) in [6.45, 7) is 8.91. The van der Waals surface area contributed by atoms with Gasteiger partial charge in [0.1, 0.15) is 17.7 Å². The number of carbonyl (C=O) groups excluding carboxylic acids is 1. The lowest BCUT2D eigenvalue weighted by atomic mass is 10.0. The maximum atomic E-state index is 12.4. The lowest BCUT2D eigenvalue weighted by molar-refractivity contribution is -0.130. The van der Waals surface area contributed by atoms with Gasteiger partial charge in [-0.25, -0.2) is 4.98 Å². The first-order valence-corrected chi connectivity index (χ1v) is 11.6. The minimum Gasteiger partial charge on any atom is -0.493 e. The van der Waals surface area contributed by atoms with Crippen LogP contribution in [0.2, 0.25) is 0 Å². The van der Waals surface area contributed by atoms with Gasteiger partial charge in [0.05, 0.1) is 24.2 Å². The third kappa shape index (κ3) is 5.13. The van der Waals surface area contributed by atoms with E-state index in [-0.39, 0.29) is 12.0 Å². The van der Waals surface area contributed by atoms with E-state index < -0.39 is 0 Å². The molecule has 0 bridgehead atoms. The molecule has 1 N–H and O–H groups in total. The molecule has 4 rings (SSSR count). The summed E-state index contributed by atoms with van der Waals surface area (Å²) in [6.07, 6.45) is 2.25. The van der Waals surface area contributed by atoms with Crippen molar-refractivity contribution in [2.45, 2.75) is 65.1 Å². The molecule has 3 aromatic rings. The van der Waals surface area contributed by atoms with Crippen molar-refractivity contribution in [1.82, 2.24) is 14.9 Å². The van der Waals surface area contributed by atoms with Crippen LogP contribution in [0.5, 0.6) is 5.75 Å². The van der Waals surface area contributed by atoms with Crippen LogP contribution in [0.15, 0.2) is 42.5 Å². The van der Waals surface area contributed by atoms with Gasteiger partial charge in [-0.3, -0.25) is 4.79 Å². The van der Waals surface area contributed by atoms with Gasteiger partial charge in [0.15, 0.2) is 0 Å². The largest absolute Gasteiger partial charge is 0.493 e. The van der Waals surface area contributed by atoms with Crippen LogP contribution in [0.1, 0.15) is 56.0 Å². The zero-order valence-electron chi connectivity index (χ0n) is 19.3. The van der Waals surface area contributed by atoms with Crippen LogP contribution < -0.4 is 10.1 Å². The van der Waals surface area contributed by atoms with Crippen molar-refractivity contribution in [2.75, 3.05) is 13.2 Å². The van der Waals surface area contributed by atoms with Gasteiger partial charge in [0, 0.05) is 13.2 Å². The summed E-state index contributed by atoms with van der Waals surface area (Å²) in [5.74, 6) is 2.20. The number of ether oxygens (including phenoxy) is 2. The summed E-state index contributed by atoms with van der Waals surface area (Å²) in [6, 6.07) is 14.5. The van der Waals surface area contributed by atoms with Crippen LogP contribution in [0.4, 0.5) is 0 Å². The second-order valence-corrected chi connectivity index (χ2v) is 8.79. The molecule has 6 heteroatoms. The van der Waals surface area contributed by atoms with Crippen molar-refractivity contribution >= 4 is 16.9 Å². The maximum absolute atomic E-state index is 12.4. The highest BCUT2D eigenvalue weighted by Gasteiger charge is 2.23. The third-order valence-corrected chi connectivity index (χ3v) is 5.95. The fourth-order valence-electron chi connectivity index (χ4n) is 4.22. The number of hydrogen-bond acceptors (Lipinski definition) is 4. The minimum absolute atomic E-state index is 0.0508. The van der Waals surface area contributed by atoms with Gasteiger partial charge in [0.2, 0.25) is 5.91 Å². The molecule has 0 aliphatic carbocycles. The molecule has 6 nitrogen and oxygen atoms in total. The topological polar surface area (TPSA) is 65.4 Å². The van der Waals surface area contributed by atoms with Gasteiger partial charge < -0.3 is 19.4 Å². The van der Waals surface area contributed by atoms with Crippen LogP contribution >= 0.6 is 0 Å². The number of aryl methyl sites for hydroxylation is 2. The first-order chi connectivity index (χ1) is 15.5. The van der Waals surface area contributed by atoms with E-state index in [0.29, 0.717) is 25.7 Å². The highest BCUT2D eigenvalue weighted by atomic mass is 16.5. The molecule has 1 saturated heterocycles. The number of fused-ring (bicyclic) bond motifs is 1. The van der Waals surface area contributed by atoms with Gasteiger partial charge in [-0.05, 0) is 61.4 Å². The van der Waals surface area contributed by atoms with Crippen LogP contribution in [-0.4, -0.2) is 34.8 Å². The van der Waals surface area contributed by atoms with Crippen LogP contribution in [0, 0.1) is 6.92 Å². The molecule has 1 aliphatic rings. The molecule has 1 amide bonds. The number of amides is 1. The van der Waals surface area contributed by atoms with Crippen LogP contribution in [0.25, 0.3) is 11.0 Å². The van der Waals surface area contributed by atoms with Gasteiger partial charge >= 0.3 is 0 Å². The molecule has 32 heavy (non-hydrogen) atoms. The Morgan fingerprint density at radius 2 is 2.12 bits per heavy atom. The van der Waals surface area contributed by atoms with Crippen molar-refractivity contribution in [3.05, 3.63) is 59.4 Å². The highest BCUT2D eigenvalue weighted by molar-refractivity contribution is 5.81. The lowest BCUT2D eigenvalue weighted by Gasteiger charge is -2.16. The maximum Gasteiger partial charge on any atom is 0.249 e. The molecule has 2 heterocycles. The van der Waals surface area contributed by atoms with Crippen LogP contribution in [0.3, 0.4) is 0 Å².